The van der Waals surface area contributed by atoms with E-state index in [-0.39, 0.29) is 0 Å². The molecule has 0 radical (unpaired) electrons. The predicted molar refractivity (Wildman–Crippen MR) is 68.0 cm³/mol. The maximum atomic E-state index is 4.63. The zero-order valence-corrected chi connectivity index (χ0v) is 10.1. The molecule has 3 aromatic rings. The van der Waals surface area contributed by atoms with Gasteiger partial charge < -0.3 is 4.40 Å². The van der Waals surface area contributed by atoms with Gasteiger partial charge in [-0.15, -0.1) is 11.3 Å². The second-order valence-electron chi connectivity index (χ2n) is 4.03. The average molecular weight is 228 g/mol. The van der Waals surface area contributed by atoms with Crippen LogP contribution >= 0.6 is 11.3 Å². The largest absolute Gasteiger partial charge is 0.306 e. The molecule has 0 bridgehead atoms. The van der Waals surface area contributed by atoms with E-state index >= 15 is 0 Å². The summed E-state index contributed by atoms with van der Waals surface area (Å²) in [6.45, 7) is 4.22. The molecule has 0 aliphatic carbocycles. The molecule has 0 saturated heterocycles. The summed E-state index contributed by atoms with van der Waals surface area (Å²) in [7, 11) is 0. The van der Waals surface area contributed by atoms with Gasteiger partial charge in [0.25, 0.3) is 0 Å². The van der Waals surface area contributed by atoms with Gasteiger partial charge in [-0.05, 0) is 42.5 Å². The molecular weight excluding hydrogens is 216 g/mol. The van der Waals surface area contributed by atoms with Gasteiger partial charge in [0.2, 0.25) is 0 Å². The Kier molecular flexibility index (Phi) is 2.07. The highest BCUT2D eigenvalue weighted by molar-refractivity contribution is 7.13. The summed E-state index contributed by atoms with van der Waals surface area (Å²) < 4.78 is 2.09. The molecule has 3 aromatic heterocycles. The van der Waals surface area contributed by atoms with Gasteiger partial charge in [-0.25, -0.2) is 4.98 Å². The van der Waals surface area contributed by atoms with Crippen LogP contribution in [-0.2, 0) is 0 Å². The van der Waals surface area contributed by atoms with Gasteiger partial charge in [-0.1, -0.05) is 6.07 Å². The molecule has 80 valence electrons. The van der Waals surface area contributed by atoms with Crippen LogP contribution in [0.1, 0.15) is 11.1 Å². The minimum absolute atomic E-state index is 1.01. The number of thiophene rings is 1. The Morgan fingerprint density at radius 2 is 2.00 bits per heavy atom. The van der Waals surface area contributed by atoms with Crippen molar-refractivity contribution in [2.24, 2.45) is 0 Å². The maximum Gasteiger partial charge on any atom is 0.137 e. The summed E-state index contributed by atoms with van der Waals surface area (Å²) in [5.41, 5.74) is 4.62. The molecule has 0 saturated carbocycles. The number of rotatable bonds is 1. The lowest BCUT2D eigenvalue weighted by molar-refractivity contribution is 1.16. The molecule has 3 heteroatoms. The first-order valence-corrected chi connectivity index (χ1v) is 6.12. The number of imidazole rings is 1. The third kappa shape index (κ3) is 1.44. The van der Waals surface area contributed by atoms with Crippen LogP contribution < -0.4 is 0 Å². The quantitative estimate of drug-likeness (QED) is 0.621. The monoisotopic (exact) mass is 228 g/mol. The van der Waals surface area contributed by atoms with E-state index in [9.17, 15) is 0 Å². The SMILES string of the molecule is Cc1ccc2nc(-c3sccc3C)cn2c1. The summed E-state index contributed by atoms with van der Waals surface area (Å²) in [5, 5.41) is 2.11. The Hall–Kier alpha value is -1.61. The fourth-order valence-corrected chi connectivity index (χ4v) is 2.73. The van der Waals surface area contributed by atoms with Gasteiger partial charge in [0, 0.05) is 12.4 Å². The Morgan fingerprint density at radius 1 is 1.12 bits per heavy atom. The van der Waals surface area contributed by atoms with E-state index in [0.717, 1.165) is 11.3 Å². The van der Waals surface area contributed by atoms with Crippen molar-refractivity contribution in [2.45, 2.75) is 13.8 Å². The maximum absolute atomic E-state index is 4.63. The molecule has 0 spiro atoms. The van der Waals surface area contributed by atoms with Crippen LogP contribution in [0.4, 0.5) is 0 Å². The lowest BCUT2D eigenvalue weighted by atomic mass is 10.2. The molecule has 3 rings (SSSR count). The molecule has 0 unspecified atom stereocenters. The van der Waals surface area contributed by atoms with Gasteiger partial charge in [-0.2, -0.15) is 0 Å². The standard InChI is InChI=1S/C13H12N2S/c1-9-3-4-12-14-11(8-15(12)7-9)13-10(2)5-6-16-13/h3-8H,1-2H3. The van der Waals surface area contributed by atoms with Gasteiger partial charge in [0.05, 0.1) is 10.6 Å². The van der Waals surface area contributed by atoms with E-state index < -0.39 is 0 Å². The van der Waals surface area contributed by atoms with Crippen molar-refractivity contribution < 1.29 is 0 Å². The molecule has 0 N–H and O–H groups in total. The number of hydrogen-bond acceptors (Lipinski definition) is 2. The zero-order valence-electron chi connectivity index (χ0n) is 9.27. The van der Waals surface area contributed by atoms with Gasteiger partial charge in [0.15, 0.2) is 0 Å². The fourth-order valence-electron chi connectivity index (χ4n) is 1.85. The normalized spacial score (nSPS) is 11.1. The van der Waals surface area contributed by atoms with E-state index in [1.54, 1.807) is 11.3 Å². The van der Waals surface area contributed by atoms with Crippen LogP contribution in [0.5, 0.6) is 0 Å². The smallest absolute Gasteiger partial charge is 0.137 e. The zero-order chi connectivity index (χ0) is 11.1. The Morgan fingerprint density at radius 3 is 2.75 bits per heavy atom. The van der Waals surface area contributed by atoms with Crippen LogP contribution in [0.15, 0.2) is 36.0 Å². The fraction of sp³-hybridized carbons (Fsp3) is 0.154. The number of pyridine rings is 1. The molecule has 3 heterocycles. The highest BCUT2D eigenvalue weighted by Crippen LogP contribution is 2.28. The summed E-state index contributed by atoms with van der Waals surface area (Å²) in [6.07, 6.45) is 4.20. The lowest BCUT2D eigenvalue weighted by Gasteiger charge is -1.93. The molecule has 0 aromatic carbocycles. The Balaban J connectivity index is 2.23. The van der Waals surface area contributed by atoms with Crippen molar-refractivity contribution in [3.8, 4) is 10.6 Å². The van der Waals surface area contributed by atoms with Crippen molar-refractivity contribution in [2.75, 3.05) is 0 Å². The molecule has 0 amide bonds. The van der Waals surface area contributed by atoms with Gasteiger partial charge >= 0.3 is 0 Å². The minimum atomic E-state index is 1.01. The van der Waals surface area contributed by atoms with E-state index in [1.165, 1.54) is 16.0 Å². The number of hydrogen-bond donors (Lipinski definition) is 0. The Labute approximate surface area is 98.2 Å². The lowest BCUT2D eigenvalue weighted by Crippen LogP contribution is -1.82. The van der Waals surface area contributed by atoms with E-state index in [1.807, 2.05) is 0 Å². The van der Waals surface area contributed by atoms with Crippen LogP contribution in [-0.4, -0.2) is 9.38 Å². The van der Waals surface area contributed by atoms with E-state index in [0.29, 0.717) is 0 Å². The number of fused-ring (bicyclic) bond motifs is 1. The van der Waals surface area contributed by atoms with Crippen molar-refractivity contribution in [3.05, 3.63) is 47.1 Å². The number of aromatic nitrogens is 2. The van der Waals surface area contributed by atoms with E-state index in [4.69, 9.17) is 0 Å². The predicted octanol–water partition coefficient (Wildman–Crippen LogP) is 3.68. The summed E-state index contributed by atoms with van der Waals surface area (Å²) >= 11 is 1.75. The second kappa shape index (κ2) is 3.46. The average Bonchev–Trinajstić information content (AvgIpc) is 2.82. The van der Waals surface area contributed by atoms with Crippen molar-refractivity contribution in [3.63, 3.8) is 0 Å². The van der Waals surface area contributed by atoms with Gasteiger partial charge in [0.1, 0.15) is 5.65 Å². The molecule has 0 atom stereocenters. The minimum Gasteiger partial charge on any atom is -0.306 e. The van der Waals surface area contributed by atoms with Crippen molar-refractivity contribution in [1.29, 1.82) is 0 Å². The summed E-state index contributed by atoms with van der Waals surface area (Å²) in [4.78, 5) is 5.90. The van der Waals surface area contributed by atoms with Gasteiger partial charge in [-0.3, -0.25) is 0 Å². The molecule has 0 aliphatic rings. The third-order valence-corrected chi connectivity index (χ3v) is 3.73. The second-order valence-corrected chi connectivity index (χ2v) is 4.95. The third-order valence-electron chi connectivity index (χ3n) is 2.69. The molecule has 0 aliphatic heterocycles. The van der Waals surface area contributed by atoms with Crippen molar-refractivity contribution >= 4 is 17.0 Å². The van der Waals surface area contributed by atoms with E-state index in [2.05, 4.69) is 59.2 Å². The first-order valence-electron chi connectivity index (χ1n) is 5.24. The molecule has 16 heavy (non-hydrogen) atoms. The summed E-state index contributed by atoms with van der Waals surface area (Å²) in [6, 6.07) is 6.28. The van der Waals surface area contributed by atoms with Crippen molar-refractivity contribution in [1.82, 2.24) is 9.38 Å². The highest BCUT2D eigenvalue weighted by atomic mass is 32.1. The van der Waals surface area contributed by atoms with Crippen LogP contribution in [0.3, 0.4) is 0 Å². The highest BCUT2D eigenvalue weighted by Gasteiger charge is 2.07. The Bertz CT molecular complexity index is 649. The van der Waals surface area contributed by atoms with Crippen LogP contribution in [0.2, 0.25) is 0 Å². The molecule has 0 fully saturated rings. The first kappa shape index (κ1) is 9.60. The topological polar surface area (TPSA) is 17.3 Å². The molecule has 2 nitrogen and oxygen atoms in total. The number of nitrogens with zero attached hydrogens (tertiary/aromatic N) is 2. The van der Waals surface area contributed by atoms with Crippen LogP contribution in [0.25, 0.3) is 16.2 Å². The molecular formula is C13H12N2S. The van der Waals surface area contributed by atoms with Crippen LogP contribution in [0, 0.1) is 13.8 Å². The summed E-state index contributed by atoms with van der Waals surface area (Å²) in [5.74, 6) is 0. The number of aryl methyl sites for hydroxylation is 2. The first-order chi connectivity index (χ1) is 7.74.